The minimum absolute atomic E-state index is 0.135. The molecule has 0 aromatic heterocycles. The van der Waals surface area contributed by atoms with Gasteiger partial charge in [-0.1, -0.05) is 12.1 Å². The predicted molar refractivity (Wildman–Crippen MR) is 84.1 cm³/mol. The van der Waals surface area contributed by atoms with Gasteiger partial charge in [-0.25, -0.2) is 4.79 Å². The topological polar surface area (TPSA) is 78.7 Å². The number of ether oxygens (including phenoxy) is 2. The molecule has 0 aliphatic carbocycles. The average molecular weight is 366 g/mol. The third-order valence-electron chi connectivity index (χ3n) is 3.09. The lowest BCUT2D eigenvalue weighted by atomic mass is 9.97. The molecule has 0 N–H and O–H groups in total. The van der Waals surface area contributed by atoms with Gasteiger partial charge in [0, 0.05) is 16.1 Å². The van der Waals surface area contributed by atoms with E-state index in [-0.39, 0.29) is 16.8 Å². The summed E-state index contributed by atoms with van der Waals surface area (Å²) in [6.45, 7) is 0. The third kappa shape index (κ3) is 2.80. The maximum Gasteiger partial charge on any atom is 0.338 e. The molecular weight excluding hydrogens is 354 g/mol. The Morgan fingerprint density at radius 2 is 1.82 bits per heavy atom. The highest BCUT2D eigenvalue weighted by Gasteiger charge is 2.26. The summed E-state index contributed by atoms with van der Waals surface area (Å²) in [7, 11) is 2.68. The Bertz CT molecular complexity index is 745. The number of hydrogen-bond acceptors (Lipinski definition) is 5. The van der Waals surface area contributed by atoms with Gasteiger partial charge < -0.3 is 9.47 Å². The average Bonchev–Trinajstić information content (AvgIpc) is 2.53. The summed E-state index contributed by atoms with van der Waals surface area (Å²) in [4.78, 5) is 22.8. The molecule has 0 spiro atoms. The summed E-state index contributed by atoms with van der Waals surface area (Å²) in [6, 6.07) is 9.37. The maximum atomic E-state index is 12.0. The zero-order valence-corrected chi connectivity index (χ0v) is 13.4. The van der Waals surface area contributed by atoms with Crippen LogP contribution in [0.3, 0.4) is 0 Å². The number of carbonyl (C=O) groups is 1. The minimum Gasteiger partial charge on any atom is -0.496 e. The normalized spacial score (nSPS) is 10.1. The quantitative estimate of drug-likeness (QED) is 0.467. The molecule has 7 heteroatoms. The molecule has 0 atom stereocenters. The fourth-order valence-corrected chi connectivity index (χ4v) is 2.71. The van der Waals surface area contributed by atoms with E-state index in [1.54, 1.807) is 24.3 Å². The van der Waals surface area contributed by atoms with Crippen LogP contribution in [0.1, 0.15) is 10.4 Å². The van der Waals surface area contributed by atoms with Crippen molar-refractivity contribution in [3.05, 3.63) is 56.5 Å². The molecule has 22 heavy (non-hydrogen) atoms. The first-order chi connectivity index (χ1) is 10.5. The Morgan fingerprint density at radius 1 is 1.14 bits per heavy atom. The second-order valence-corrected chi connectivity index (χ2v) is 5.12. The molecule has 0 aliphatic heterocycles. The number of esters is 1. The molecule has 0 aliphatic rings. The first-order valence-corrected chi connectivity index (χ1v) is 6.99. The third-order valence-corrected chi connectivity index (χ3v) is 3.75. The zero-order chi connectivity index (χ0) is 16.3. The Morgan fingerprint density at radius 3 is 2.41 bits per heavy atom. The van der Waals surface area contributed by atoms with Gasteiger partial charge in [-0.05, 0) is 34.1 Å². The van der Waals surface area contributed by atoms with E-state index in [4.69, 9.17) is 9.47 Å². The van der Waals surface area contributed by atoms with Gasteiger partial charge >= 0.3 is 5.97 Å². The molecule has 0 heterocycles. The van der Waals surface area contributed by atoms with Crippen molar-refractivity contribution in [3.8, 4) is 16.9 Å². The van der Waals surface area contributed by atoms with Crippen LogP contribution in [0.5, 0.6) is 5.75 Å². The molecule has 0 unspecified atom stereocenters. The van der Waals surface area contributed by atoms with E-state index in [2.05, 4.69) is 15.9 Å². The number of nitrogens with zero attached hydrogens (tertiary/aromatic N) is 1. The Balaban J connectivity index is 2.88. The van der Waals surface area contributed by atoms with Gasteiger partial charge in [-0.3, -0.25) is 10.1 Å². The van der Waals surface area contributed by atoms with E-state index in [1.807, 2.05) is 0 Å². The summed E-state index contributed by atoms with van der Waals surface area (Å²) in [5.74, 6) is -0.253. The highest BCUT2D eigenvalue weighted by atomic mass is 79.9. The number of methoxy groups -OCH3 is 2. The van der Waals surface area contributed by atoms with Crippen LogP contribution in [0.4, 0.5) is 5.69 Å². The Kier molecular flexibility index (Phi) is 4.77. The van der Waals surface area contributed by atoms with Gasteiger partial charge in [-0.15, -0.1) is 0 Å². The molecule has 0 radical (unpaired) electrons. The first-order valence-electron chi connectivity index (χ1n) is 6.19. The van der Waals surface area contributed by atoms with Crippen molar-refractivity contribution in [2.75, 3.05) is 14.2 Å². The number of nitro groups is 1. The molecule has 0 saturated carbocycles. The van der Waals surface area contributed by atoms with Crippen molar-refractivity contribution in [1.82, 2.24) is 0 Å². The Labute approximate surface area is 134 Å². The van der Waals surface area contributed by atoms with Crippen LogP contribution in [-0.4, -0.2) is 25.1 Å². The summed E-state index contributed by atoms with van der Waals surface area (Å²) in [6.07, 6.45) is 0. The number of hydrogen-bond donors (Lipinski definition) is 0. The van der Waals surface area contributed by atoms with Gasteiger partial charge in [0.1, 0.15) is 5.75 Å². The Hall–Kier alpha value is -2.41. The fraction of sp³-hybridized carbons (Fsp3) is 0.133. The van der Waals surface area contributed by atoms with Gasteiger partial charge in [0.2, 0.25) is 0 Å². The lowest BCUT2D eigenvalue weighted by molar-refractivity contribution is -0.384. The molecule has 0 saturated heterocycles. The number of halogens is 1. The lowest BCUT2D eigenvalue weighted by Gasteiger charge is -2.14. The summed E-state index contributed by atoms with van der Waals surface area (Å²) in [5.41, 5.74) is 0.641. The molecule has 2 aromatic carbocycles. The van der Waals surface area contributed by atoms with E-state index in [0.717, 1.165) is 0 Å². The van der Waals surface area contributed by atoms with Gasteiger partial charge in [0.25, 0.3) is 5.69 Å². The van der Waals surface area contributed by atoms with Crippen LogP contribution < -0.4 is 4.74 Å². The van der Waals surface area contributed by atoms with Gasteiger partial charge in [0.05, 0.1) is 30.3 Å². The fourth-order valence-electron chi connectivity index (χ4n) is 2.15. The molecule has 0 fully saturated rings. The van der Waals surface area contributed by atoms with Gasteiger partial charge in [0.15, 0.2) is 0 Å². The van der Waals surface area contributed by atoms with Crippen LogP contribution >= 0.6 is 15.9 Å². The van der Waals surface area contributed by atoms with Crippen molar-refractivity contribution in [2.24, 2.45) is 0 Å². The highest BCUT2D eigenvalue weighted by molar-refractivity contribution is 9.10. The van der Waals surface area contributed by atoms with Crippen molar-refractivity contribution in [3.63, 3.8) is 0 Å². The molecule has 2 rings (SSSR count). The first kappa shape index (κ1) is 16.0. The molecule has 114 valence electrons. The van der Waals surface area contributed by atoms with Crippen LogP contribution in [0.15, 0.2) is 40.9 Å². The smallest absolute Gasteiger partial charge is 0.338 e. The number of benzene rings is 2. The van der Waals surface area contributed by atoms with E-state index in [1.165, 1.54) is 26.4 Å². The number of carbonyl (C=O) groups excluding carboxylic acids is 1. The van der Waals surface area contributed by atoms with Crippen molar-refractivity contribution in [2.45, 2.75) is 0 Å². The minimum atomic E-state index is -0.598. The highest BCUT2D eigenvalue weighted by Crippen LogP contribution is 2.43. The van der Waals surface area contributed by atoms with E-state index < -0.39 is 10.9 Å². The van der Waals surface area contributed by atoms with E-state index in [9.17, 15) is 14.9 Å². The SMILES string of the molecule is COC(=O)c1cccc(OC)c1-c1c(Br)cccc1[N+](=O)[O-]. The van der Waals surface area contributed by atoms with Crippen molar-refractivity contribution < 1.29 is 19.2 Å². The molecular formula is C15H12BrNO5. The predicted octanol–water partition coefficient (Wildman–Crippen LogP) is 3.82. The van der Waals surface area contributed by atoms with E-state index >= 15 is 0 Å². The lowest BCUT2D eigenvalue weighted by Crippen LogP contribution is -2.06. The van der Waals surface area contributed by atoms with Crippen LogP contribution in [-0.2, 0) is 4.74 Å². The summed E-state index contributed by atoms with van der Waals surface area (Å²) < 4.78 is 10.5. The molecule has 0 bridgehead atoms. The van der Waals surface area contributed by atoms with Gasteiger partial charge in [-0.2, -0.15) is 0 Å². The standard InChI is InChI=1S/C15H12BrNO5/c1-21-12-8-3-5-9(15(18)22-2)13(12)14-10(16)6-4-7-11(14)17(19)20/h3-8H,1-2H3. The van der Waals surface area contributed by atoms with Crippen molar-refractivity contribution >= 4 is 27.6 Å². The second-order valence-electron chi connectivity index (χ2n) is 4.27. The summed E-state index contributed by atoms with van der Waals surface area (Å²) >= 11 is 3.31. The molecule has 6 nitrogen and oxygen atoms in total. The van der Waals surface area contributed by atoms with Crippen molar-refractivity contribution in [1.29, 1.82) is 0 Å². The summed E-state index contributed by atoms with van der Waals surface area (Å²) in [5, 5.41) is 11.3. The van der Waals surface area contributed by atoms with Crippen LogP contribution in [0.25, 0.3) is 11.1 Å². The molecule has 2 aromatic rings. The van der Waals surface area contributed by atoms with E-state index in [0.29, 0.717) is 15.8 Å². The maximum absolute atomic E-state index is 12.0. The second kappa shape index (κ2) is 6.57. The molecule has 0 amide bonds. The van der Waals surface area contributed by atoms with Crippen LogP contribution in [0, 0.1) is 10.1 Å². The monoisotopic (exact) mass is 365 g/mol. The number of rotatable bonds is 4. The zero-order valence-electron chi connectivity index (χ0n) is 11.8. The van der Waals surface area contributed by atoms with Crippen LogP contribution in [0.2, 0.25) is 0 Å². The number of nitro benzene ring substituents is 1. The largest absolute Gasteiger partial charge is 0.496 e.